The van der Waals surface area contributed by atoms with Gasteiger partial charge >= 0.3 is 0 Å². The molecule has 0 saturated heterocycles. The van der Waals surface area contributed by atoms with Crippen LogP contribution in [0, 0.1) is 5.92 Å². The molecule has 0 radical (unpaired) electrons. The molecular weight excluding hydrogens is 250 g/mol. The third kappa shape index (κ3) is 2.67. The van der Waals surface area contributed by atoms with Crippen LogP contribution in [0.25, 0.3) is 0 Å². The largest absolute Gasteiger partial charge is 0.497 e. The van der Waals surface area contributed by atoms with Crippen molar-refractivity contribution in [2.45, 2.75) is 43.9 Å². The molecule has 0 spiro atoms. The van der Waals surface area contributed by atoms with Gasteiger partial charge in [-0.1, -0.05) is 25.0 Å². The van der Waals surface area contributed by atoms with E-state index in [0.29, 0.717) is 5.92 Å². The Balaban J connectivity index is 1.73. The van der Waals surface area contributed by atoms with E-state index < -0.39 is 0 Å². The smallest absolute Gasteiger partial charge is 0.223 e. The third-order valence-electron chi connectivity index (χ3n) is 4.81. The fourth-order valence-corrected chi connectivity index (χ4v) is 3.31. The predicted octanol–water partition coefficient (Wildman–Crippen LogP) is 3.03. The number of benzene rings is 1. The monoisotopic (exact) mass is 273 g/mol. The Labute approximate surface area is 120 Å². The minimum atomic E-state index is 0.136. The van der Waals surface area contributed by atoms with E-state index >= 15 is 0 Å². The summed E-state index contributed by atoms with van der Waals surface area (Å²) < 4.78 is 5.23. The van der Waals surface area contributed by atoms with Gasteiger partial charge in [-0.2, -0.15) is 0 Å². The molecule has 2 aliphatic rings. The summed E-state index contributed by atoms with van der Waals surface area (Å²) >= 11 is 0. The zero-order valence-electron chi connectivity index (χ0n) is 12.2. The van der Waals surface area contributed by atoms with Crippen molar-refractivity contribution in [3.63, 3.8) is 0 Å². The van der Waals surface area contributed by atoms with Crippen molar-refractivity contribution in [3.8, 4) is 5.75 Å². The number of nitrogens with one attached hydrogen (secondary N) is 1. The van der Waals surface area contributed by atoms with Crippen molar-refractivity contribution in [3.05, 3.63) is 29.8 Å². The number of amides is 1. The fourth-order valence-electron chi connectivity index (χ4n) is 3.31. The molecule has 2 saturated carbocycles. The molecule has 3 nitrogen and oxygen atoms in total. The quantitative estimate of drug-likeness (QED) is 0.895. The first-order valence-electron chi connectivity index (χ1n) is 7.66. The summed E-state index contributed by atoms with van der Waals surface area (Å²) in [4.78, 5) is 11.9. The van der Waals surface area contributed by atoms with Gasteiger partial charge < -0.3 is 10.1 Å². The van der Waals surface area contributed by atoms with Crippen LogP contribution in [0.2, 0.25) is 0 Å². The van der Waals surface area contributed by atoms with Crippen molar-refractivity contribution >= 4 is 5.91 Å². The highest BCUT2D eigenvalue weighted by Crippen LogP contribution is 2.41. The molecule has 0 heterocycles. The lowest BCUT2D eigenvalue weighted by molar-refractivity contribution is -0.122. The minimum absolute atomic E-state index is 0.136. The normalized spacial score (nSPS) is 20.6. The average Bonchev–Trinajstić information content (AvgIpc) is 3.24. The Morgan fingerprint density at radius 3 is 2.45 bits per heavy atom. The molecule has 1 amide bonds. The van der Waals surface area contributed by atoms with Crippen LogP contribution in [0.1, 0.15) is 44.1 Å². The van der Waals surface area contributed by atoms with E-state index in [1.165, 1.54) is 31.2 Å². The lowest BCUT2D eigenvalue weighted by Crippen LogP contribution is -2.39. The number of carbonyl (C=O) groups excluding carboxylic acids is 1. The summed E-state index contributed by atoms with van der Waals surface area (Å²) in [6, 6.07) is 8.37. The molecule has 0 unspecified atom stereocenters. The molecule has 108 valence electrons. The molecule has 3 rings (SSSR count). The Morgan fingerprint density at radius 1 is 1.25 bits per heavy atom. The number of rotatable bonds is 5. The van der Waals surface area contributed by atoms with Crippen LogP contribution in [0.15, 0.2) is 24.3 Å². The van der Waals surface area contributed by atoms with Crippen molar-refractivity contribution in [1.82, 2.24) is 5.32 Å². The lowest BCUT2D eigenvalue weighted by atomic mass is 9.78. The number of hydrogen-bond donors (Lipinski definition) is 1. The molecule has 0 atom stereocenters. The van der Waals surface area contributed by atoms with Gasteiger partial charge in [0.2, 0.25) is 5.91 Å². The minimum Gasteiger partial charge on any atom is -0.497 e. The molecule has 0 aliphatic heterocycles. The maximum absolute atomic E-state index is 11.9. The second kappa shape index (κ2) is 5.47. The average molecular weight is 273 g/mol. The zero-order valence-corrected chi connectivity index (χ0v) is 12.2. The molecule has 1 aromatic rings. The van der Waals surface area contributed by atoms with Gasteiger partial charge in [-0.25, -0.2) is 0 Å². The lowest BCUT2D eigenvalue weighted by Gasteiger charge is -2.30. The zero-order chi connectivity index (χ0) is 14.0. The summed E-state index contributed by atoms with van der Waals surface area (Å²) in [6.07, 6.45) is 6.99. The maximum Gasteiger partial charge on any atom is 0.223 e. The van der Waals surface area contributed by atoms with Crippen LogP contribution in [-0.4, -0.2) is 19.6 Å². The second-order valence-corrected chi connectivity index (χ2v) is 6.21. The summed E-state index contributed by atoms with van der Waals surface area (Å²) in [5, 5.41) is 3.18. The van der Waals surface area contributed by atoms with Gasteiger partial charge in [0.1, 0.15) is 5.75 Å². The van der Waals surface area contributed by atoms with Crippen molar-refractivity contribution in [2.75, 3.05) is 13.7 Å². The number of methoxy groups -OCH3 is 1. The van der Waals surface area contributed by atoms with Crippen LogP contribution in [0.3, 0.4) is 0 Å². The third-order valence-corrected chi connectivity index (χ3v) is 4.81. The molecule has 0 bridgehead atoms. The van der Waals surface area contributed by atoms with E-state index in [-0.39, 0.29) is 11.3 Å². The van der Waals surface area contributed by atoms with Crippen LogP contribution >= 0.6 is 0 Å². The molecule has 3 heteroatoms. The van der Waals surface area contributed by atoms with Gasteiger partial charge in [-0.15, -0.1) is 0 Å². The van der Waals surface area contributed by atoms with Crippen molar-refractivity contribution < 1.29 is 9.53 Å². The van der Waals surface area contributed by atoms with E-state index in [0.717, 1.165) is 25.1 Å². The second-order valence-electron chi connectivity index (χ2n) is 6.21. The van der Waals surface area contributed by atoms with Crippen LogP contribution in [0.5, 0.6) is 5.75 Å². The molecule has 1 N–H and O–H groups in total. The van der Waals surface area contributed by atoms with E-state index in [1.807, 2.05) is 12.1 Å². The van der Waals surface area contributed by atoms with Gasteiger partial charge in [0.25, 0.3) is 0 Å². The first kappa shape index (κ1) is 13.5. The van der Waals surface area contributed by atoms with E-state index in [2.05, 4.69) is 17.4 Å². The fraction of sp³-hybridized carbons (Fsp3) is 0.588. The highest BCUT2D eigenvalue weighted by molar-refractivity contribution is 5.80. The summed E-state index contributed by atoms with van der Waals surface area (Å²) in [5.74, 6) is 1.44. The van der Waals surface area contributed by atoms with E-state index in [9.17, 15) is 4.79 Å². The van der Waals surface area contributed by atoms with Crippen molar-refractivity contribution in [2.24, 2.45) is 5.92 Å². The Hall–Kier alpha value is -1.51. The Kier molecular flexibility index (Phi) is 3.68. The van der Waals surface area contributed by atoms with E-state index in [4.69, 9.17) is 4.74 Å². The number of ether oxygens (including phenoxy) is 1. The highest BCUT2D eigenvalue weighted by Gasteiger charge is 2.37. The molecule has 20 heavy (non-hydrogen) atoms. The van der Waals surface area contributed by atoms with Crippen LogP contribution in [-0.2, 0) is 10.2 Å². The van der Waals surface area contributed by atoms with Gasteiger partial charge in [0.05, 0.1) is 7.11 Å². The summed E-state index contributed by atoms with van der Waals surface area (Å²) in [7, 11) is 1.69. The predicted molar refractivity (Wildman–Crippen MR) is 78.9 cm³/mol. The Morgan fingerprint density at radius 2 is 1.90 bits per heavy atom. The number of hydrogen-bond acceptors (Lipinski definition) is 2. The van der Waals surface area contributed by atoms with Gasteiger partial charge in [0.15, 0.2) is 0 Å². The van der Waals surface area contributed by atoms with Crippen molar-refractivity contribution in [1.29, 1.82) is 0 Å². The number of carbonyl (C=O) groups is 1. The first-order valence-corrected chi connectivity index (χ1v) is 7.66. The van der Waals surface area contributed by atoms with E-state index in [1.54, 1.807) is 7.11 Å². The molecule has 1 aromatic carbocycles. The molecular formula is C17H23NO2. The van der Waals surface area contributed by atoms with Gasteiger partial charge in [0, 0.05) is 17.9 Å². The Bertz CT molecular complexity index is 470. The van der Waals surface area contributed by atoms with Crippen LogP contribution in [0.4, 0.5) is 0 Å². The maximum atomic E-state index is 11.9. The highest BCUT2D eigenvalue weighted by atomic mass is 16.5. The van der Waals surface area contributed by atoms with Gasteiger partial charge in [-0.3, -0.25) is 4.79 Å². The SMILES string of the molecule is COc1ccc(C2(CNC(=O)C3CC3)CCCC2)cc1. The standard InChI is InChI=1S/C17H23NO2/c1-20-15-8-6-14(7-9-15)17(10-2-3-11-17)12-18-16(19)13-4-5-13/h6-9,13H,2-5,10-12H2,1H3,(H,18,19). The molecule has 2 fully saturated rings. The van der Waals surface area contributed by atoms with Crippen LogP contribution < -0.4 is 10.1 Å². The molecule has 2 aliphatic carbocycles. The summed E-state index contributed by atoms with van der Waals surface area (Å²) in [5.41, 5.74) is 1.48. The first-order chi connectivity index (χ1) is 9.73. The molecule has 0 aromatic heterocycles. The van der Waals surface area contributed by atoms with Gasteiger partial charge in [-0.05, 0) is 43.4 Å². The topological polar surface area (TPSA) is 38.3 Å². The summed E-state index contributed by atoms with van der Waals surface area (Å²) in [6.45, 7) is 0.786.